The van der Waals surface area contributed by atoms with Crippen LogP contribution in [0.2, 0.25) is 0 Å². The molecule has 0 radical (unpaired) electrons. The molecule has 0 N–H and O–H groups in total. The van der Waals surface area contributed by atoms with Crippen LogP contribution < -0.4 is 0 Å². The summed E-state index contributed by atoms with van der Waals surface area (Å²) in [4.78, 5) is 6.87. The molecule has 28 heavy (non-hydrogen) atoms. The molecule has 0 bridgehead atoms. The van der Waals surface area contributed by atoms with Crippen molar-refractivity contribution >= 4 is 0 Å². The van der Waals surface area contributed by atoms with Crippen LogP contribution in [0.3, 0.4) is 0 Å². The van der Waals surface area contributed by atoms with Gasteiger partial charge in [0.05, 0.1) is 23.5 Å². The van der Waals surface area contributed by atoms with Gasteiger partial charge in [-0.3, -0.25) is 9.88 Å². The molecule has 1 aliphatic carbocycles. The summed E-state index contributed by atoms with van der Waals surface area (Å²) in [7, 11) is 0. The highest BCUT2D eigenvalue weighted by Gasteiger charge is 2.36. The van der Waals surface area contributed by atoms with Gasteiger partial charge in [-0.05, 0) is 25.0 Å². The summed E-state index contributed by atoms with van der Waals surface area (Å²) in [5, 5.41) is 15.5. The van der Waals surface area contributed by atoms with Gasteiger partial charge in [0.25, 0.3) is 5.89 Å². The number of pyridine rings is 1. The lowest BCUT2D eigenvalue weighted by molar-refractivity contribution is 0.0462. The van der Waals surface area contributed by atoms with Crippen molar-refractivity contribution < 1.29 is 13.2 Å². The first-order valence-corrected chi connectivity index (χ1v) is 9.36. The van der Waals surface area contributed by atoms with Crippen LogP contribution in [0.1, 0.15) is 48.9 Å². The summed E-state index contributed by atoms with van der Waals surface area (Å²) < 4.78 is 31.8. The van der Waals surface area contributed by atoms with Crippen LogP contribution in [0, 0.1) is 0 Å². The van der Waals surface area contributed by atoms with E-state index in [-0.39, 0.29) is 5.89 Å². The van der Waals surface area contributed by atoms with Crippen LogP contribution in [0.5, 0.6) is 0 Å². The van der Waals surface area contributed by atoms with Crippen molar-refractivity contribution in [3.63, 3.8) is 0 Å². The summed E-state index contributed by atoms with van der Waals surface area (Å²) in [6.45, 7) is 2.63. The maximum atomic E-state index is 12.5. The van der Waals surface area contributed by atoms with Crippen molar-refractivity contribution in [2.45, 2.75) is 44.2 Å². The Labute approximate surface area is 159 Å². The van der Waals surface area contributed by atoms with Crippen molar-refractivity contribution in [3.05, 3.63) is 41.8 Å². The fourth-order valence-corrected chi connectivity index (χ4v) is 3.58. The Morgan fingerprint density at radius 3 is 2.64 bits per heavy atom. The van der Waals surface area contributed by atoms with Gasteiger partial charge in [-0.2, -0.15) is 8.78 Å². The van der Waals surface area contributed by atoms with Gasteiger partial charge in [-0.1, -0.05) is 11.6 Å². The Bertz CT molecular complexity index is 945. The molecule has 1 aliphatic heterocycles. The minimum absolute atomic E-state index is 0.0263. The molecule has 4 heterocycles. The zero-order valence-electron chi connectivity index (χ0n) is 15.1. The largest absolute Gasteiger partial charge is 0.415 e. The first-order chi connectivity index (χ1) is 13.7. The number of halogens is 2. The van der Waals surface area contributed by atoms with Crippen LogP contribution in [0.15, 0.2) is 28.9 Å². The van der Waals surface area contributed by atoms with E-state index in [9.17, 15) is 8.78 Å². The first-order valence-electron chi connectivity index (χ1n) is 9.36. The van der Waals surface area contributed by atoms with E-state index in [0.29, 0.717) is 18.0 Å². The lowest BCUT2D eigenvalue weighted by Gasteiger charge is -2.47. The molecule has 1 saturated heterocycles. The molecule has 10 heteroatoms. The number of hydrogen-bond acceptors (Lipinski definition) is 7. The highest BCUT2D eigenvalue weighted by molar-refractivity contribution is 5.50. The molecule has 0 aromatic carbocycles. The Kier molecular flexibility index (Phi) is 4.34. The Morgan fingerprint density at radius 2 is 2.00 bits per heavy atom. The molecular formula is C18H19F2N7O. The van der Waals surface area contributed by atoms with Gasteiger partial charge in [0.15, 0.2) is 0 Å². The Morgan fingerprint density at radius 1 is 1.14 bits per heavy atom. The van der Waals surface area contributed by atoms with E-state index in [2.05, 4.69) is 30.4 Å². The minimum atomic E-state index is -2.79. The number of hydrogen-bond donors (Lipinski definition) is 0. The Hall–Kier alpha value is -2.75. The van der Waals surface area contributed by atoms with Gasteiger partial charge in [0.1, 0.15) is 0 Å². The average Bonchev–Trinajstić information content (AvgIpc) is 3.26. The van der Waals surface area contributed by atoms with Gasteiger partial charge >= 0.3 is 6.43 Å². The molecule has 1 saturated carbocycles. The second-order valence-corrected chi connectivity index (χ2v) is 7.36. The Balaban J connectivity index is 1.20. The third-order valence-corrected chi connectivity index (χ3v) is 5.50. The second-order valence-electron chi connectivity index (χ2n) is 7.36. The van der Waals surface area contributed by atoms with Crippen LogP contribution in [0.4, 0.5) is 8.78 Å². The molecule has 0 amide bonds. The normalized spacial score (nSPS) is 18.4. The third kappa shape index (κ3) is 3.28. The van der Waals surface area contributed by atoms with E-state index < -0.39 is 12.3 Å². The monoisotopic (exact) mass is 387 g/mol. The van der Waals surface area contributed by atoms with Crippen LogP contribution in [-0.4, -0.2) is 54.2 Å². The summed E-state index contributed by atoms with van der Waals surface area (Å²) in [6, 6.07) is 4.28. The van der Waals surface area contributed by atoms with E-state index in [1.165, 1.54) is 25.5 Å². The number of aromatic nitrogens is 6. The smallest absolute Gasteiger partial charge is 0.314 e. The SMILES string of the molecule is FC(F)c1nnc(-c2ccc(Cn3cc(C4CN(C5CCC5)C4)nn3)nc2)o1. The van der Waals surface area contributed by atoms with Crippen molar-refractivity contribution in [1.82, 2.24) is 35.1 Å². The van der Waals surface area contributed by atoms with Crippen LogP contribution >= 0.6 is 0 Å². The predicted octanol–water partition coefficient (Wildman–Crippen LogP) is 2.66. The van der Waals surface area contributed by atoms with Gasteiger partial charge < -0.3 is 4.42 Å². The second kappa shape index (κ2) is 7.01. The molecule has 2 fully saturated rings. The summed E-state index contributed by atoms with van der Waals surface area (Å²) >= 11 is 0. The van der Waals surface area contributed by atoms with E-state index >= 15 is 0 Å². The van der Waals surface area contributed by atoms with Crippen molar-refractivity contribution in [1.29, 1.82) is 0 Å². The fourth-order valence-electron chi connectivity index (χ4n) is 3.58. The summed E-state index contributed by atoms with van der Waals surface area (Å²) in [5.74, 6) is -0.203. The molecule has 3 aromatic rings. The maximum Gasteiger partial charge on any atom is 0.314 e. The number of rotatable bonds is 6. The number of likely N-dealkylation sites (tertiary alicyclic amines) is 1. The van der Waals surface area contributed by atoms with Crippen molar-refractivity contribution in [3.8, 4) is 11.5 Å². The van der Waals surface area contributed by atoms with E-state index in [1.807, 2.05) is 6.20 Å². The van der Waals surface area contributed by atoms with Crippen molar-refractivity contribution in [2.24, 2.45) is 0 Å². The van der Waals surface area contributed by atoms with E-state index in [4.69, 9.17) is 4.42 Å². The molecule has 2 aliphatic rings. The first kappa shape index (κ1) is 17.4. The minimum Gasteiger partial charge on any atom is -0.415 e. The quantitative estimate of drug-likeness (QED) is 0.643. The van der Waals surface area contributed by atoms with Crippen LogP contribution in [0.25, 0.3) is 11.5 Å². The third-order valence-electron chi connectivity index (χ3n) is 5.50. The molecule has 0 atom stereocenters. The topological polar surface area (TPSA) is 85.8 Å². The number of alkyl halides is 2. The van der Waals surface area contributed by atoms with Gasteiger partial charge in [-0.15, -0.1) is 15.3 Å². The van der Waals surface area contributed by atoms with Gasteiger partial charge in [0, 0.05) is 37.4 Å². The molecule has 0 spiro atoms. The fraction of sp³-hybridized carbons (Fsp3) is 0.500. The highest BCUT2D eigenvalue weighted by Crippen LogP contribution is 2.34. The maximum absolute atomic E-state index is 12.5. The van der Waals surface area contributed by atoms with E-state index in [1.54, 1.807) is 16.8 Å². The standard InChI is InChI=1S/C18H19F2N7O/c19-16(20)18-24-23-17(28-18)11-4-5-13(21-6-11)9-27-10-15(22-25-27)12-7-26(8-12)14-2-1-3-14/h4-6,10,12,14,16H,1-3,7-9H2. The molecule has 8 nitrogen and oxygen atoms in total. The van der Waals surface area contributed by atoms with Gasteiger partial charge in [-0.25, -0.2) is 4.68 Å². The molecule has 5 rings (SSSR count). The summed E-state index contributed by atoms with van der Waals surface area (Å²) in [6.07, 6.45) is 4.73. The molecule has 0 unspecified atom stereocenters. The zero-order chi connectivity index (χ0) is 19.1. The zero-order valence-corrected chi connectivity index (χ0v) is 15.1. The molecule has 146 valence electrons. The molecular weight excluding hydrogens is 368 g/mol. The lowest BCUT2D eigenvalue weighted by atomic mass is 9.85. The van der Waals surface area contributed by atoms with Crippen LogP contribution in [-0.2, 0) is 6.54 Å². The van der Waals surface area contributed by atoms with Gasteiger partial charge in [0.2, 0.25) is 5.89 Å². The average molecular weight is 387 g/mol. The number of nitrogens with zero attached hydrogens (tertiary/aromatic N) is 7. The summed E-state index contributed by atoms with van der Waals surface area (Å²) in [5.41, 5.74) is 2.30. The van der Waals surface area contributed by atoms with E-state index in [0.717, 1.165) is 30.5 Å². The molecule has 3 aromatic heterocycles. The predicted molar refractivity (Wildman–Crippen MR) is 93.6 cm³/mol. The van der Waals surface area contributed by atoms with Crippen molar-refractivity contribution in [2.75, 3.05) is 13.1 Å². The highest BCUT2D eigenvalue weighted by atomic mass is 19.3. The lowest BCUT2D eigenvalue weighted by Crippen LogP contribution is -2.53.